The van der Waals surface area contributed by atoms with Crippen molar-refractivity contribution in [2.24, 2.45) is 5.73 Å². The number of primary amides is 1. The number of carbonyl (C=O) groups excluding carboxylic acids is 1. The minimum atomic E-state index is -1.30. The van der Waals surface area contributed by atoms with Gasteiger partial charge >= 0.3 is 0 Å². The van der Waals surface area contributed by atoms with Crippen molar-refractivity contribution >= 4 is 11.6 Å². The molecule has 1 aliphatic heterocycles. The fourth-order valence-electron chi connectivity index (χ4n) is 2.04. The van der Waals surface area contributed by atoms with Gasteiger partial charge in [-0.15, -0.1) is 0 Å². The van der Waals surface area contributed by atoms with Crippen molar-refractivity contribution in [3.05, 3.63) is 11.4 Å². The Bertz CT molecular complexity index is 502. The molecule has 0 bridgehead atoms. The second-order valence-electron chi connectivity index (χ2n) is 4.39. The van der Waals surface area contributed by atoms with Crippen LogP contribution in [0.15, 0.2) is 0 Å². The summed E-state index contributed by atoms with van der Waals surface area (Å²) < 4.78 is 6.47. The molecule has 2 rings (SSSR count). The van der Waals surface area contributed by atoms with Gasteiger partial charge in [-0.1, -0.05) is 0 Å². The normalized spacial score (nSPS) is 30.7. The molecule has 0 saturated carbocycles. The van der Waals surface area contributed by atoms with Crippen LogP contribution < -0.4 is 11.5 Å². The first kappa shape index (κ1) is 13.7. The predicted molar refractivity (Wildman–Crippen MR) is 62.9 cm³/mol. The molecular weight excluding hydrogens is 256 g/mol. The number of ether oxygens (including phenoxy) is 1. The monoisotopic (exact) mass is 272 g/mol. The molecule has 9 heteroatoms. The van der Waals surface area contributed by atoms with Crippen LogP contribution in [0.5, 0.6) is 0 Å². The zero-order valence-electron chi connectivity index (χ0n) is 10.2. The SMILES string of the molecule is Cc1c(N)c(C(N)=O)nn1[C@@H]1O[C@H](CO)[C@@H](O)[C@H]1O. The van der Waals surface area contributed by atoms with Crippen LogP contribution in [-0.2, 0) is 4.74 Å². The van der Waals surface area contributed by atoms with Gasteiger partial charge in [0.15, 0.2) is 11.9 Å². The van der Waals surface area contributed by atoms with Crippen LogP contribution in [0.3, 0.4) is 0 Å². The number of hydrogen-bond donors (Lipinski definition) is 5. The van der Waals surface area contributed by atoms with E-state index in [1.54, 1.807) is 6.92 Å². The number of aromatic nitrogens is 2. The second-order valence-corrected chi connectivity index (χ2v) is 4.39. The summed E-state index contributed by atoms with van der Waals surface area (Å²) in [6.45, 7) is 1.12. The fraction of sp³-hybridized carbons (Fsp3) is 0.600. The molecule has 1 fully saturated rings. The average Bonchev–Trinajstić information content (AvgIpc) is 2.81. The zero-order valence-corrected chi connectivity index (χ0v) is 10.2. The molecule has 1 aromatic heterocycles. The lowest BCUT2D eigenvalue weighted by Crippen LogP contribution is -2.33. The van der Waals surface area contributed by atoms with E-state index in [1.165, 1.54) is 4.68 Å². The number of rotatable bonds is 3. The van der Waals surface area contributed by atoms with E-state index >= 15 is 0 Å². The number of hydrogen-bond acceptors (Lipinski definition) is 7. The molecule has 0 spiro atoms. The Morgan fingerprint density at radius 1 is 1.47 bits per heavy atom. The Kier molecular flexibility index (Phi) is 3.45. The lowest BCUT2D eigenvalue weighted by atomic mass is 10.1. The van der Waals surface area contributed by atoms with Crippen LogP contribution in [0.2, 0.25) is 0 Å². The van der Waals surface area contributed by atoms with Crippen molar-refractivity contribution in [3.63, 3.8) is 0 Å². The standard InChI is InChI=1S/C10H16N4O5/c1-3-5(11)6(9(12)18)13-14(3)10-8(17)7(16)4(2-15)19-10/h4,7-8,10,15-17H,2,11H2,1H3,(H2,12,18)/t4-,7-,8-,10-/m1/s1. The number of carbonyl (C=O) groups is 1. The maximum atomic E-state index is 11.1. The van der Waals surface area contributed by atoms with E-state index in [-0.39, 0.29) is 11.4 Å². The van der Waals surface area contributed by atoms with Gasteiger partial charge in [0.25, 0.3) is 5.91 Å². The summed E-state index contributed by atoms with van der Waals surface area (Å²) in [5.74, 6) is -0.800. The Labute approximate surface area is 108 Å². The van der Waals surface area contributed by atoms with Crippen molar-refractivity contribution in [1.29, 1.82) is 0 Å². The second kappa shape index (κ2) is 4.78. The molecule has 106 valence electrons. The number of amides is 1. The Morgan fingerprint density at radius 2 is 2.11 bits per heavy atom. The van der Waals surface area contributed by atoms with Crippen LogP contribution in [0.1, 0.15) is 22.4 Å². The molecule has 7 N–H and O–H groups in total. The first-order valence-corrected chi connectivity index (χ1v) is 5.65. The molecular formula is C10H16N4O5. The van der Waals surface area contributed by atoms with Crippen molar-refractivity contribution in [2.75, 3.05) is 12.3 Å². The minimum absolute atomic E-state index is 0.0882. The Morgan fingerprint density at radius 3 is 2.53 bits per heavy atom. The first-order valence-electron chi connectivity index (χ1n) is 5.65. The van der Waals surface area contributed by atoms with Crippen LogP contribution in [-0.4, -0.2) is 55.9 Å². The highest BCUT2D eigenvalue weighted by molar-refractivity contribution is 5.96. The van der Waals surface area contributed by atoms with E-state index in [9.17, 15) is 15.0 Å². The molecule has 1 aliphatic rings. The van der Waals surface area contributed by atoms with Gasteiger partial charge in [0.1, 0.15) is 18.3 Å². The van der Waals surface area contributed by atoms with Gasteiger partial charge < -0.3 is 31.5 Å². The third-order valence-corrected chi connectivity index (χ3v) is 3.19. The highest BCUT2D eigenvalue weighted by Gasteiger charge is 2.44. The molecule has 1 aromatic rings. The Balaban J connectivity index is 2.38. The van der Waals surface area contributed by atoms with Crippen LogP contribution in [0.4, 0.5) is 5.69 Å². The van der Waals surface area contributed by atoms with Gasteiger partial charge in [0.05, 0.1) is 18.0 Å². The van der Waals surface area contributed by atoms with Crippen molar-refractivity contribution in [1.82, 2.24) is 9.78 Å². The summed E-state index contributed by atoms with van der Waals surface area (Å²) in [5.41, 5.74) is 11.1. The minimum Gasteiger partial charge on any atom is -0.395 e. The quantitative estimate of drug-likeness (QED) is 0.406. The van der Waals surface area contributed by atoms with Crippen molar-refractivity contribution in [2.45, 2.75) is 31.5 Å². The summed E-state index contributed by atoms with van der Waals surface area (Å²) in [6, 6.07) is 0. The van der Waals surface area contributed by atoms with Crippen LogP contribution in [0, 0.1) is 6.92 Å². The topological polar surface area (TPSA) is 157 Å². The third-order valence-electron chi connectivity index (χ3n) is 3.19. The maximum absolute atomic E-state index is 11.1. The fourth-order valence-corrected chi connectivity index (χ4v) is 2.04. The number of nitrogens with zero attached hydrogens (tertiary/aromatic N) is 2. The number of aliphatic hydroxyl groups excluding tert-OH is 3. The van der Waals surface area contributed by atoms with Crippen LogP contribution in [0.25, 0.3) is 0 Å². The summed E-state index contributed by atoms with van der Waals surface area (Å²) in [4.78, 5) is 11.1. The molecule has 1 saturated heterocycles. The van der Waals surface area contributed by atoms with E-state index in [0.29, 0.717) is 5.69 Å². The summed E-state index contributed by atoms with van der Waals surface area (Å²) in [6.07, 6.45) is -4.52. The molecule has 0 aromatic carbocycles. The highest BCUT2D eigenvalue weighted by Crippen LogP contribution is 2.31. The summed E-state index contributed by atoms with van der Waals surface area (Å²) >= 11 is 0. The van der Waals surface area contributed by atoms with E-state index in [2.05, 4.69) is 5.10 Å². The number of nitrogens with two attached hydrogens (primary N) is 2. The molecule has 19 heavy (non-hydrogen) atoms. The highest BCUT2D eigenvalue weighted by atomic mass is 16.6. The molecule has 4 atom stereocenters. The van der Waals surface area contributed by atoms with E-state index in [0.717, 1.165) is 0 Å². The molecule has 9 nitrogen and oxygen atoms in total. The molecule has 0 radical (unpaired) electrons. The maximum Gasteiger partial charge on any atom is 0.271 e. The third kappa shape index (κ3) is 2.06. The first-order chi connectivity index (χ1) is 8.88. The number of anilines is 1. The molecule has 2 heterocycles. The van der Waals surface area contributed by atoms with Gasteiger partial charge in [-0.3, -0.25) is 4.79 Å². The summed E-state index contributed by atoms with van der Waals surface area (Å²) in [7, 11) is 0. The van der Waals surface area contributed by atoms with Gasteiger partial charge in [0, 0.05) is 0 Å². The van der Waals surface area contributed by atoms with Crippen molar-refractivity contribution < 1.29 is 24.9 Å². The Hall–Kier alpha value is -1.68. The van der Waals surface area contributed by atoms with Crippen LogP contribution >= 0.6 is 0 Å². The van der Waals surface area contributed by atoms with Gasteiger partial charge in [-0.2, -0.15) is 5.10 Å². The number of aliphatic hydroxyl groups is 3. The van der Waals surface area contributed by atoms with Gasteiger partial charge in [-0.25, -0.2) is 4.68 Å². The lowest BCUT2D eigenvalue weighted by molar-refractivity contribution is -0.0595. The zero-order chi connectivity index (χ0) is 14.3. The summed E-state index contributed by atoms with van der Waals surface area (Å²) in [5, 5.41) is 32.4. The predicted octanol–water partition coefficient (Wildman–Crippen LogP) is -2.52. The largest absolute Gasteiger partial charge is 0.395 e. The van der Waals surface area contributed by atoms with E-state index < -0.39 is 37.1 Å². The molecule has 0 unspecified atom stereocenters. The molecule has 1 amide bonds. The van der Waals surface area contributed by atoms with E-state index in [1.807, 2.05) is 0 Å². The van der Waals surface area contributed by atoms with E-state index in [4.69, 9.17) is 21.3 Å². The smallest absolute Gasteiger partial charge is 0.271 e. The number of nitrogen functional groups attached to an aromatic ring is 1. The lowest BCUT2D eigenvalue weighted by Gasteiger charge is -2.16. The average molecular weight is 272 g/mol. The van der Waals surface area contributed by atoms with Gasteiger partial charge in [0.2, 0.25) is 0 Å². The van der Waals surface area contributed by atoms with Crippen molar-refractivity contribution in [3.8, 4) is 0 Å². The molecule has 0 aliphatic carbocycles. The van der Waals surface area contributed by atoms with Gasteiger partial charge in [-0.05, 0) is 6.92 Å².